The molecule has 0 spiro atoms. The minimum Gasteiger partial charge on any atom is -0.494 e. The molecule has 0 saturated heterocycles. The van der Waals surface area contributed by atoms with Gasteiger partial charge in [-0.2, -0.15) is 11.8 Å². The van der Waals surface area contributed by atoms with E-state index in [2.05, 4.69) is 31.3 Å². The van der Waals surface area contributed by atoms with Crippen molar-refractivity contribution < 1.29 is 4.74 Å². The number of para-hydroxylation sites is 1. The lowest BCUT2D eigenvalue weighted by molar-refractivity contribution is 0.335. The molecule has 96 valence electrons. The van der Waals surface area contributed by atoms with Crippen molar-refractivity contribution in [2.24, 2.45) is 0 Å². The van der Waals surface area contributed by atoms with Crippen LogP contribution in [0.15, 0.2) is 24.3 Å². The van der Waals surface area contributed by atoms with Crippen LogP contribution in [0.1, 0.15) is 26.3 Å². The Bertz CT molecular complexity index is 317. The van der Waals surface area contributed by atoms with Gasteiger partial charge in [0, 0.05) is 23.9 Å². The first-order valence-electron chi connectivity index (χ1n) is 6.29. The molecular formula is C14H23NOS. The summed E-state index contributed by atoms with van der Waals surface area (Å²) in [5.41, 5.74) is 1.24. The molecule has 0 aliphatic heterocycles. The summed E-state index contributed by atoms with van der Waals surface area (Å²) in [4.78, 5) is 0. The molecule has 0 aromatic heterocycles. The molecule has 1 N–H and O–H groups in total. The highest BCUT2D eigenvalue weighted by Crippen LogP contribution is 2.17. The fraction of sp³-hybridized carbons (Fsp3) is 0.571. The Balaban J connectivity index is 2.44. The molecule has 0 aliphatic rings. The van der Waals surface area contributed by atoms with Crippen LogP contribution in [0.25, 0.3) is 0 Å². The molecule has 0 bridgehead atoms. The van der Waals surface area contributed by atoms with Gasteiger partial charge in [-0.3, -0.25) is 0 Å². The molecule has 0 heterocycles. The highest BCUT2D eigenvalue weighted by Gasteiger charge is 2.05. The zero-order valence-corrected chi connectivity index (χ0v) is 11.8. The summed E-state index contributed by atoms with van der Waals surface area (Å²) in [6.07, 6.45) is 0. The third-order valence-corrected chi connectivity index (χ3v) is 3.63. The van der Waals surface area contributed by atoms with Crippen molar-refractivity contribution in [3.05, 3.63) is 29.8 Å². The van der Waals surface area contributed by atoms with E-state index < -0.39 is 0 Å². The molecule has 1 unspecified atom stereocenters. The summed E-state index contributed by atoms with van der Waals surface area (Å²) in [6, 6.07) is 8.77. The molecule has 0 saturated carbocycles. The Kier molecular flexibility index (Phi) is 7.13. The zero-order chi connectivity index (χ0) is 12.5. The average molecular weight is 253 g/mol. The second-order valence-corrected chi connectivity index (χ2v) is 5.30. The molecule has 0 amide bonds. The third kappa shape index (κ3) is 5.46. The van der Waals surface area contributed by atoms with E-state index in [4.69, 9.17) is 4.74 Å². The normalized spacial score (nSPS) is 12.4. The van der Waals surface area contributed by atoms with Crippen LogP contribution >= 0.6 is 11.8 Å². The Hall–Kier alpha value is -0.670. The van der Waals surface area contributed by atoms with Crippen LogP contribution in [0.3, 0.4) is 0 Å². The standard InChI is InChI=1S/C14H23NOS/c1-4-16-14-9-7-6-8-13(14)10-15-12(3)11-17-5-2/h6-9,12,15H,4-5,10-11H2,1-3H3. The van der Waals surface area contributed by atoms with E-state index in [1.165, 1.54) is 11.3 Å². The number of benzene rings is 1. The third-order valence-electron chi connectivity index (χ3n) is 2.49. The Morgan fingerprint density at radius 2 is 2.06 bits per heavy atom. The summed E-state index contributed by atoms with van der Waals surface area (Å²) < 4.78 is 5.61. The van der Waals surface area contributed by atoms with Crippen molar-refractivity contribution >= 4 is 11.8 Å². The van der Waals surface area contributed by atoms with Gasteiger partial charge in [-0.1, -0.05) is 25.1 Å². The molecule has 17 heavy (non-hydrogen) atoms. The van der Waals surface area contributed by atoms with Gasteiger partial charge in [-0.15, -0.1) is 0 Å². The monoisotopic (exact) mass is 253 g/mol. The van der Waals surface area contributed by atoms with Crippen LogP contribution in [0.2, 0.25) is 0 Å². The Morgan fingerprint density at radius 3 is 2.76 bits per heavy atom. The first-order chi connectivity index (χ1) is 8.27. The van der Waals surface area contributed by atoms with E-state index in [0.717, 1.165) is 24.7 Å². The largest absolute Gasteiger partial charge is 0.494 e. The van der Waals surface area contributed by atoms with Crippen LogP contribution in [0.5, 0.6) is 5.75 Å². The van der Waals surface area contributed by atoms with Gasteiger partial charge < -0.3 is 10.1 Å². The van der Waals surface area contributed by atoms with E-state index in [0.29, 0.717) is 6.04 Å². The summed E-state index contributed by atoms with van der Waals surface area (Å²) in [7, 11) is 0. The van der Waals surface area contributed by atoms with Gasteiger partial charge in [0.25, 0.3) is 0 Å². The van der Waals surface area contributed by atoms with Gasteiger partial charge in [0.15, 0.2) is 0 Å². The average Bonchev–Trinajstić information content (AvgIpc) is 2.35. The second kappa shape index (κ2) is 8.43. The first kappa shape index (κ1) is 14.4. The van der Waals surface area contributed by atoms with E-state index in [9.17, 15) is 0 Å². The van der Waals surface area contributed by atoms with Crippen molar-refractivity contribution in [2.75, 3.05) is 18.1 Å². The fourth-order valence-corrected chi connectivity index (χ4v) is 2.29. The molecule has 0 fully saturated rings. The first-order valence-corrected chi connectivity index (χ1v) is 7.45. The quantitative estimate of drug-likeness (QED) is 0.768. The number of thioether (sulfide) groups is 1. The highest BCUT2D eigenvalue weighted by molar-refractivity contribution is 7.99. The van der Waals surface area contributed by atoms with Gasteiger partial charge in [0.2, 0.25) is 0 Å². The lowest BCUT2D eigenvalue weighted by atomic mass is 10.2. The Labute approximate surface area is 109 Å². The maximum absolute atomic E-state index is 5.61. The lowest BCUT2D eigenvalue weighted by Gasteiger charge is -2.15. The SMILES string of the molecule is CCOc1ccccc1CNC(C)CSCC. The topological polar surface area (TPSA) is 21.3 Å². The molecule has 0 radical (unpaired) electrons. The van der Waals surface area contributed by atoms with Gasteiger partial charge in [-0.05, 0) is 25.7 Å². The van der Waals surface area contributed by atoms with Crippen LogP contribution in [-0.2, 0) is 6.54 Å². The minimum atomic E-state index is 0.537. The maximum Gasteiger partial charge on any atom is 0.123 e. The summed E-state index contributed by atoms with van der Waals surface area (Å²) >= 11 is 1.97. The number of hydrogen-bond donors (Lipinski definition) is 1. The van der Waals surface area contributed by atoms with Crippen LogP contribution in [0.4, 0.5) is 0 Å². The number of ether oxygens (including phenoxy) is 1. The second-order valence-electron chi connectivity index (χ2n) is 3.98. The summed E-state index contributed by atoms with van der Waals surface area (Å²) in [5, 5.41) is 3.53. The van der Waals surface area contributed by atoms with Gasteiger partial charge in [0.1, 0.15) is 5.75 Å². The van der Waals surface area contributed by atoms with E-state index in [-0.39, 0.29) is 0 Å². The summed E-state index contributed by atoms with van der Waals surface area (Å²) in [5.74, 6) is 3.34. The van der Waals surface area contributed by atoms with Gasteiger partial charge >= 0.3 is 0 Å². The van der Waals surface area contributed by atoms with E-state index >= 15 is 0 Å². The van der Waals surface area contributed by atoms with Crippen molar-refractivity contribution in [1.82, 2.24) is 5.32 Å². The van der Waals surface area contributed by atoms with Crippen molar-refractivity contribution in [3.8, 4) is 5.75 Å². The summed E-state index contributed by atoms with van der Waals surface area (Å²) in [6.45, 7) is 8.04. The molecule has 1 rings (SSSR count). The molecule has 2 nitrogen and oxygen atoms in total. The van der Waals surface area contributed by atoms with Crippen LogP contribution in [-0.4, -0.2) is 24.2 Å². The number of nitrogens with one attached hydrogen (secondary N) is 1. The van der Waals surface area contributed by atoms with Crippen molar-refractivity contribution in [3.63, 3.8) is 0 Å². The molecule has 1 aromatic carbocycles. The predicted octanol–water partition coefficient (Wildman–Crippen LogP) is 3.32. The smallest absolute Gasteiger partial charge is 0.123 e. The predicted molar refractivity (Wildman–Crippen MR) is 76.9 cm³/mol. The zero-order valence-electron chi connectivity index (χ0n) is 11.0. The highest BCUT2D eigenvalue weighted by atomic mass is 32.2. The Morgan fingerprint density at radius 1 is 1.29 bits per heavy atom. The molecule has 3 heteroatoms. The van der Waals surface area contributed by atoms with Gasteiger partial charge in [-0.25, -0.2) is 0 Å². The number of hydrogen-bond acceptors (Lipinski definition) is 3. The van der Waals surface area contributed by atoms with Crippen LogP contribution < -0.4 is 10.1 Å². The van der Waals surface area contributed by atoms with Crippen LogP contribution in [0, 0.1) is 0 Å². The molecule has 1 atom stereocenters. The van der Waals surface area contributed by atoms with Crippen molar-refractivity contribution in [2.45, 2.75) is 33.4 Å². The van der Waals surface area contributed by atoms with Gasteiger partial charge in [0.05, 0.1) is 6.61 Å². The molecule has 0 aliphatic carbocycles. The molecule has 1 aromatic rings. The fourth-order valence-electron chi connectivity index (χ4n) is 1.58. The van der Waals surface area contributed by atoms with E-state index in [1.807, 2.05) is 30.8 Å². The maximum atomic E-state index is 5.61. The van der Waals surface area contributed by atoms with Crippen molar-refractivity contribution in [1.29, 1.82) is 0 Å². The van der Waals surface area contributed by atoms with E-state index in [1.54, 1.807) is 0 Å². The number of rotatable bonds is 8. The lowest BCUT2D eigenvalue weighted by Crippen LogP contribution is -2.27. The minimum absolute atomic E-state index is 0.537. The molecular weight excluding hydrogens is 230 g/mol.